The van der Waals surface area contributed by atoms with Gasteiger partial charge in [0.25, 0.3) is 5.91 Å². The highest BCUT2D eigenvalue weighted by atomic mass is 32.1. The third kappa shape index (κ3) is 5.45. The third-order valence-electron chi connectivity index (χ3n) is 3.30. The second-order valence-electron chi connectivity index (χ2n) is 5.27. The summed E-state index contributed by atoms with van der Waals surface area (Å²) in [5.41, 5.74) is 1.69. The van der Waals surface area contributed by atoms with Crippen LogP contribution in [0.3, 0.4) is 0 Å². The first-order valence-electron chi connectivity index (χ1n) is 7.64. The highest BCUT2D eigenvalue weighted by Crippen LogP contribution is 2.22. The van der Waals surface area contributed by atoms with Crippen molar-refractivity contribution in [1.82, 2.24) is 5.32 Å². The molecule has 0 aliphatic heterocycles. The van der Waals surface area contributed by atoms with Gasteiger partial charge in [0, 0.05) is 29.9 Å². The lowest BCUT2D eigenvalue weighted by Gasteiger charge is -2.12. The Kier molecular flexibility index (Phi) is 6.51. The molecule has 7 nitrogen and oxygen atoms in total. The smallest absolute Gasteiger partial charge is 0.257 e. The molecule has 0 spiro atoms. The van der Waals surface area contributed by atoms with E-state index in [-0.39, 0.29) is 11.0 Å². The van der Waals surface area contributed by atoms with Crippen LogP contribution in [-0.2, 0) is 4.79 Å². The highest BCUT2D eigenvalue weighted by molar-refractivity contribution is 7.80. The molecule has 3 N–H and O–H groups in total. The molecule has 0 saturated carbocycles. The fourth-order valence-corrected chi connectivity index (χ4v) is 2.33. The van der Waals surface area contributed by atoms with Gasteiger partial charge >= 0.3 is 0 Å². The molecule has 8 heteroatoms. The van der Waals surface area contributed by atoms with Gasteiger partial charge in [-0.1, -0.05) is 0 Å². The first-order chi connectivity index (χ1) is 12.4. The molecule has 136 valence electrons. The normalized spacial score (nSPS) is 9.81. The molecular weight excluding hydrogens is 354 g/mol. The number of anilines is 2. The van der Waals surface area contributed by atoms with Gasteiger partial charge < -0.3 is 20.1 Å². The van der Waals surface area contributed by atoms with Crippen molar-refractivity contribution in [3.8, 4) is 11.5 Å². The topological polar surface area (TPSA) is 88.7 Å². The van der Waals surface area contributed by atoms with Crippen molar-refractivity contribution in [1.29, 1.82) is 0 Å². The Morgan fingerprint density at radius 2 is 1.38 bits per heavy atom. The van der Waals surface area contributed by atoms with Crippen LogP contribution in [0.4, 0.5) is 11.4 Å². The molecule has 0 fully saturated rings. The summed E-state index contributed by atoms with van der Waals surface area (Å²) in [7, 11) is 3.01. The number of rotatable bonds is 5. The minimum Gasteiger partial charge on any atom is -0.497 e. The number of carbonyl (C=O) groups is 2. The Balaban J connectivity index is 2.01. The van der Waals surface area contributed by atoms with Crippen molar-refractivity contribution in [2.75, 3.05) is 24.9 Å². The van der Waals surface area contributed by atoms with Gasteiger partial charge in [-0.15, -0.1) is 0 Å². The molecule has 0 heterocycles. The average molecular weight is 373 g/mol. The number of hydrogen-bond donors (Lipinski definition) is 3. The molecule has 2 aromatic rings. The van der Waals surface area contributed by atoms with Crippen LogP contribution < -0.4 is 25.4 Å². The van der Waals surface area contributed by atoms with E-state index in [4.69, 9.17) is 21.7 Å². The number of carbonyl (C=O) groups excluding carboxylic acids is 2. The summed E-state index contributed by atoms with van der Waals surface area (Å²) in [5.74, 6) is 0.459. The number of benzene rings is 2. The molecule has 0 bridgehead atoms. The van der Waals surface area contributed by atoms with E-state index >= 15 is 0 Å². The second-order valence-corrected chi connectivity index (χ2v) is 5.68. The van der Waals surface area contributed by atoms with E-state index in [0.717, 1.165) is 0 Å². The molecule has 0 radical (unpaired) electrons. The number of amides is 2. The molecule has 2 amide bonds. The van der Waals surface area contributed by atoms with Gasteiger partial charge in [-0.3, -0.25) is 14.9 Å². The van der Waals surface area contributed by atoms with Crippen molar-refractivity contribution in [2.45, 2.75) is 6.92 Å². The zero-order valence-corrected chi connectivity index (χ0v) is 15.4. The summed E-state index contributed by atoms with van der Waals surface area (Å²) < 4.78 is 10.3. The minimum atomic E-state index is -0.394. The van der Waals surface area contributed by atoms with Gasteiger partial charge in [0.2, 0.25) is 5.91 Å². The summed E-state index contributed by atoms with van der Waals surface area (Å²) in [6, 6.07) is 11.8. The predicted molar refractivity (Wildman–Crippen MR) is 104 cm³/mol. The van der Waals surface area contributed by atoms with E-state index < -0.39 is 5.91 Å². The third-order valence-corrected chi connectivity index (χ3v) is 3.51. The zero-order valence-electron chi connectivity index (χ0n) is 14.6. The summed E-state index contributed by atoms with van der Waals surface area (Å²) in [6.07, 6.45) is 0. The Bertz CT molecular complexity index is 799. The number of nitrogens with one attached hydrogen (secondary N) is 3. The summed E-state index contributed by atoms with van der Waals surface area (Å²) in [6.45, 7) is 1.43. The summed E-state index contributed by atoms with van der Waals surface area (Å²) in [4.78, 5) is 23.4. The van der Waals surface area contributed by atoms with Gasteiger partial charge in [0.1, 0.15) is 11.5 Å². The maximum atomic E-state index is 12.4. The number of ether oxygens (including phenoxy) is 2. The number of thiocarbonyl (C=S) groups is 1. The molecule has 0 aliphatic rings. The van der Waals surface area contributed by atoms with E-state index in [9.17, 15) is 9.59 Å². The average Bonchev–Trinajstić information content (AvgIpc) is 2.62. The van der Waals surface area contributed by atoms with Crippen LogP contribution >= 0.6 is 12.2 Å². The first-order valence-corrected chi connectivity index (χ1v) is 8.05. The molecule has 0 aromatic heterocycles. The summed E-state index contributed by atoms with van der Waals surface area (Å²) >= 11 is 5.16. The van der Waals surface area contributed by atoms with Crippen LogP contribution in [0.2, 0.25) is 0 Å². The monoisotopic (exact) mass is 373 g/mol. The molecular formula is C18H19N3O4S. The van der Waals surface area contributed by atoms with Gasteiger partial charge in [0.15, 0.2) is 5.11 Å². The van der Waals surface area contributed by atoms with Gasteiger partial charge in [-0.25, -0.2) is 0 Å². The molecule has 0 aliphatic carbocycles. The largest absolute Gasteiger partial charge is 0.497 e. The Hall–Kier alpha value is -3.13. The van der Waals surface area contributed by atoms with Crippen LogP contribution in [0.5, 0.6) is 11.5 Å². The Morgan fingerprint density at radius 3 is 1.85 bits per heavy atom. The van der Waals surface area contributed by atoms with Gasteiger partial charge in [-0.05, 0) is 48.6 Å². The van der Waals surface area contributed by atoms with Crippen LogP contribution in [0, 0.1) is 0 Å². The van der Waals surface area contributed by atoms with Crippen LogP contribution in [0.15, 0.2) is 42.5 Å². The molecule has 0 saturated heterocycles. The van der Waals surface area contributed by atoms with Gasteiger partial charge in [0.05, 0.1) is 14.2 Å². The van der Waals surface area contributed by atoms with Gasteiger partial charge in [-0.2, -0.15) is 0 Å². The van der Waals surface area contributed by atoms with E-state index in [1.54, 1.807) is 42.5 Å². The lowest BCUT2D eigenvalue weighted by molar-refractivity contribution is -0.114. The Morgan fingerprint density at radius 1 is 0.885 bits per heavy atom. The van der Waals surface area contributed by atoms with Crippen molar-refractivity contribution in [2.24, 2.45) is 0 Å². The maximum absolute atomic E-state index is 12.4. The molecule has 2 aromatic carbocycles. The van der Waals surface area contributed by atoms with E-state index in [1.165, 1.54) is 21.1 Å². The van der Waals surface area contributed by atoms with Crippen molar-refractivity contribution >= 4 is 40.5 Å². The Labute approximate surface area is 156 Å². The predicted octanol–water partition coefficient (Wildman–Crippen LogP) is 2.79. The van der Waals surface area contributed by atoms with E-state index in [0.29, 0.717) is 28.4 Å². The molecule has 2 rings (SSSR count). The standard InChI is InChI=1S/C18H19N3O4S/c1-11(22)19-13-4-6-14(7-5-13)20-18(26)21-17(23)12-8-15(24-2)10-16(9-12)25-3/h4-10H,1-3H3,(H,19,22)(H2,20,21,23,26). The summed E-state index contributed by atoms with van der Waals surface area (Å²) in [5, 5.41) is 8.31. The molecule has 26 heavy (non-hydrogen) atoms. The SMILES string of the molecule is COc1cc(OC)cc(C(=O)NC(=S)Nc2ccc(NC(C)=O)cc2)c1. The quantitative estimate of drug-likeness (QED) is 0.699. The zero-order chi connectivity index (χ0) is 19.1. The van der Waals surface area contributed by atoms with Crippen LogP contribution in [0.1, 0.15) is 17.3 Å². The fraction of sp³-hybridized carbons (Fsp3) is 0.167. The van der Waals surface area contributed by atoms with Crippen molar-refractivity contribution < 1.29 is 19.1 Å². The van der Waals surface area contributed by atoms with E-state index in [1.807, 2.05) is 0 Å². The maximum Gasteiger partial charge on any atom is 0.257 e. The number of methoxy groups -OCH3 is 2. The second kappa shape index (κ2) is 8.82. The minimum absolute atomic E-state index is 0.143. The lowest BCUT2D eigenvalue weighted by atomic mass is 10.2. The highest BCUT2D eigenvalue weighted by Gasteiger charge is 2.11. The number of hydrogen-bond acceptors (Lipinski definition) is 5. The lowest BCUT2D eigenvalue weighted by Crippen LogP contribution is -2.34. The fourth-order valence-electron chi connectivity index (χ4n) is 2.12. The molecule has 0 unspecified atom stereocenters. The van der Waals surface area contributed by atoms with E-state index in [2.05, 4.69) is 16.0 Å². The van der Waals surface area contributed by atoms with Crippen LogP contribution in [-0.4, -0.2) is 31.1 Å². The van der Waals surface area contributed by atoms with Crippen molar-refractivity contribution in [3.05, 3.63) is 48.0 Å². The van der Waals surface area contributed by atoms with Crippen molar-refractivity contribution in [3.63, 3.8) is 0 Å². The first kappa shape index (κ1) is 19.2. The molecule has 0 atom stereocenters. The van der Waals surface area contributed by atoms with Crippen LogP contribution in [0.25, 0.3) is 0 Å².